The Bertz CT molecular complexity index is 1060. The fourth-order valence-corrected chi connectivity index (χ4v) is 3.40. The minimum absolute atomic E-state index is 0.106. The fourth-order valence-electron chi connectivity index (χ4n) is 3.40. The second-order valence-corrected chi connectivity index (χ2v) is 7.35. The monoisotopic (exact) mass is 416 g/mol. The number of amides is 1. The Hall–Kier alpha value is -3.36. The number of alkyl halides is 3. The van der Waals surface area contributed by atoms with Gasteiger partial charge in [0.05, 0.1) is 5.56 Å². The maximum atomic E-state index is 13.0. The third-order valence-electron chi connectivity index (χ3n) is 5.05. The molecule has 0 aliphatic carbocycles. The zero-order valence-electron chi connectivity index (χ0n) is 16.3. The quantitative estimate of drug-likeness (QED) is 0.633. The fraction of sp³-hybridized carbons (Fsp3) is 0.286. The summed E-state index contributed by atoms with van der Waals surface area (Å²) in [5.74, 6) is 0.0661. The van der Waals surface area contributed by atoms with Crippen molar-refractivity contribution in [2.75, 3.05) is 30.4 Å². The zero-order chi connectivity index (χ0) is 21.5. The highest BCUT2D eigenvalue weighted by atomic mass is 19.4. The van der Waals surface area contributed by atoms with Crippen molar-refractivity contribution in [2.24, 2.45) is 0 Å². The molecule has 2 aromatic carbocycles. The minimum Gasteiger partial charge on any atom is -0.378 e. The molecule has 2 heterocycles. The second kappa shape index (κ2) is 7.47. The largest absolute Gasteiger partial charge is 0.416 e. The molecule has 1 aliphatic heterocycles. The van der Waals surface area contributed by atoms with E-state index >= 15 is 0 Å². The van der Waals surface area contributed by atoms with Crippen LogP contribution in [0.15, 0.2) is 53.1 Å². The highest BCUT2D eigenvalue weighted by Gasteiger charge is 2.36. The van der Waals surface area contributed by atoms with Gasteiger partial charge in [-0.1, -0.05) is 11.2 Å². The highest BCUT2D eigenvalue weighted by molar-refractivity contribution is 5.96. The Morgan fingerprint density at radius 2 is 1.87 bits per heavy atom. The number of benzene rings is 2. The molecule has 30 heavy (non-hydrogen) atoms. The van der Waals surface area contributed by atoms with Gasteiger partial charge >= 0.3 is 6.18 Å². The maximum absolute atomic E-state index is 13.0. The molecule has 0 bridgehead atoms. The van der Waals surface area contributed by atoms with Crippen molar-refractivity contribution in [1.82, 2.24) is 10.1 Å². The average molecular weight is 416 g/mol. The van der Waals surface area contributed by atoms with Crippen molar-refractivity contribution in [2.45, 2.75) is 18.5 Å². The average Bonchev–Trinajstić information content (AvgIpc) is 3.34. The normalized spacial score (nSPS) is 16.9. The summed E-state index contributed by atoms with van der Waals surface area (Å²) in [6.07, 6.45) is -4.36. The van der Waals surface area contributed by atoms with E-state index in [2.05, 4.69) is 10.1 Å². The van der Waals surface area contributed by atoms with Gasteiger partial charge in [0, 0.05) is 49.9 Å². The molecule has 0 saturated carbocycles. The summed E-state index contributed by atoms with van der Waals surface area (Å²) < 4.78 is 44.3. The van der Waals surface area contributed by atoms with Gasteiger partial charge in [0.25, 0.3) is 5.89 Å². The molecule has 1 aromatic heterocycles. The van der Waals surface area contributed by atoms with E-state index in [1.807, 2.05) is 43.3 Å². The first kappa shape index (κ1) is 19.9. The van der Waals surface area contributed by atoms with Gasteiger partial charge in [-0.05, 0) is 42.5 Å². The third kappa shape index (κ3) is 3.87. The number of halogens is 3. The van der Waals surface area contributed by atoms with Gasteiger partial charge in [0.15, 0.2) is 5.82 Å². The number of carbonyl (C=O) groups excluding carboxylic acids is 1. The summed E-state index contributed by atoms with van der Waals surface area (Å²) in [5, 5.41) is 4.00. The molecule has 0 N–H and O–H groups in total. The summed E-state index contributed by atoms with van der Waals surface area (Å²) in [6, 6.07) is 12.3. The van der Waals surface area contributed by atoms with Gasteiger partial charge < -0.3 is 14.3 Å². The minimum atomic E-state index is -4.47. The Kier molecular flexibility index (Phi) is 4.97. The summed E-state index contributed by atoms with van der Waals surface area (Å²) in [6.45, 7) is 0.193. The maximum Gasteiger partial charge on any atom is 0.416 e. The lowest BCUT2D eigenvalue weighted by atomic mass is 10.1. The Morgan fingerprint density at radius 3 is 2.53 bits per heavy atom. The summed E-state index contributed by atoms with van der Waals surface area (Å²) in [7, 11) is 3.88. The van der Waals surface area contributed by atoms with Crippen LogP contribution in [0.1, 0.15) is 23.7 Å². The predicted molar refractivity (Wildman–Crippen MR) is 105 cm³/mol. The van der Waals surface area contributed by atoms with Crippen LogP contribution in [0, 0.1) is 0 Å². The molecule has 1 unspecified atom stereocenters. The SMILES string of the molecule is CN(C)c1ccc(-c2nc(C3CC(=O)N(c4cccc(C(F)(F)F)c4)C3)no2)cc1. The van der Waals surface area contributed by atoms with Gasteiger partial charge in [0.1, 0.15) is 0 Å². The van der Waals surface area contributed by atoms with E-state index in [1.54, 1.807) is 0 Å². The number of anilines is 2. The predicted octanol–water partition coefficient (Wildman–Crippen LogP) is 4.34. The highest BCUT2D eigenvalue weighted by Crippen LogP contribution is 2.35. The number of hydrogen-bond donors (Lipinski definition) is 0. The molecule has 0 radical (unpaired) electrons. The molecular weight excluding hydrogens is 397 g/mol. The molecule has 1 aliphatic rings. The molecule has 0 spiro atoms. The van der Waals surface area contributed by atoms with E-state index < -0.39 is 11.7 Å². The first-order valence-corrected chi connectivity index (χ1v) is 9.31. The number of nitrogens with zero attached hydrogens (tertiary/aromatic N) is 4. The van der Waals surface area contributed by atoms with E-state index in [-0.39, 0.29) is 30.5 Å². The van der Waals surface area contributed by atoms with Crippen molar-refractivity contribution < 1.29 is 22.5 Å². The number of hydrogen-bond acceptors (Lipinski definition) is 5. The molecular formula is C21H19F3N4O2. The third-order valence-corrected chi connectivity index (χ3v) is 5.05. The van der Waals surface area contributed by atoms with E-state index in [9.17, 15) is 18.0 Å². The molecule has 1 amide bonds. The molecule has 1 fully saturated rings. The van der Waals surface area contributed by atoms with E-state index in [0.29, 0.717) is 11.7 Å². The van der Waals surface area contributed by atoms with Crippen molar-refractivity contribution in [3.63, 3.8) is 0 Å². The van der Waals surface area contributed by atoms with Crippen LogP contribution in [0.5, 0.6) is 0 Å². The number of aromatic nitrogens is 2. The lowest BCUT2D eigenvalue weighted by Crippen LogP contribution is -2.24. The zero-order valence-corrected chi connectivity index (χ0v) is 16.3. The number of carbonyl (C=O) groups is 1. The Balaban J connectivity index is 1.52. The van der Waals surface area contributed by atoms with Gasteiger partial charge in [-0.3, -0.25) is 4.79 Å². The molecule has 6 nitrogen and oxygen atoms in total. The van der Waals surface area contributed by atoms with E-state index in [0.717, 1.165) is 23.4 Å². The molecule has 1 saturated heterocycles. The van der Waals surface area contributed by atoms with Crippen LogP contribution >= 0.6 is 0 Å². The van der Waals surface area contributed by atoms with Crippen LogP contribution in [-0.4, -0.2) is 36.7 Å². The summed E-state index contributed by atoms with van der Waals surface area (Å²) in [5.41, 5.74) is 1.19. The smallest absolute Gasteiger partial charge is 0.378 e. The van der Waals surface area contributed by atoms with Crippen LogP contribution in [0.4, 0.5) is 24.5 Å². The lowest BCUT2D eigenvalue weighted by Gasteiger charge is -2.18. The summed E-state index contributed by atoms with van der Waals surface area (Å²) >= 11 is 0. The Labute approximate surface area is 170 Å². The van der Waals surface area contributed by atoms with E-state index in [1.165, 1.54) is 17.0 Å². The van der Waals surface area contributed by atoms with Crippen LogP contribution in [-0.2, 0) is 11.0 Å². The second-order valence-electron chi connectivity index (χ2n) is 7.35. The van der Waals surface area contributed by atoms with Crippen molar-refractivity contribution in [3.8, 4) is 11.5 Å². The molecule has 156 valence electrons. The standard InChI is InChI=1S/C21H19F3N4O2/c1-27(2)16-8-6-13(7-9-16)20-25-19(26-30-20)14-10-18(29)28(12-14)17-5-3-4-15(11-17)21(22,23)24/h3-9,11,14H,10,12H2,1-2H3. The van der Waals surface area contributed by atoms with Crippen molar-refractivity contribution >= 4 is 17.3 Å². The first-order valence-electron chi connectivity index (χ1n) is 9.31. The van der Waals surface area contributed by atoms with Crippen LogP contribution < -0.4 is 9.80 Å². The van der Waals surface area contributed by atoms with Crippen molar-refractivity contribution in [3.05, 3.63) is 59.9 Å². The van der Waals surface area contributed by atoms with Crippen LogP contribution in [0.2, 0.25) is 0 Å². The van der Waals surface area contributed by atoms with Crippen LogP contribution in [0.25, 0.3) is 11.5 Å². The summed E-state index contributed by atoms with van der Waals surface area (Å²) in [4.78, 5) is 20.2. The lowest BCUT2D eigenvalue weighted by molar-refractivity contribution is -0.137. The molecule has 9 heteroatoms. The first-order chi connectivity index (χ1) is 14.2. The number of rotatable bonds is 4. The molecule has 3 aromatic rings. The van der Waals surface area contributed by atoms with Crippen LogP contribution in [0.3, 0.4) is 0 Å². The van der Waals surface area contributed by atoms with Crippen molar-refractivity contribution in [1.29, 1.82) is 0 Å². The Morgan fingerprint density at radius 1 is 1.13 bits per heavy atom. The van der Waals surface area contributed by atoms with E-state index in [4.69, 9.17) is 4.52 Å². The van der Waals surface area contributed by atoms with Gasteiger partial charge in [0.2, 0.25) is 5.91 Å². The topological polar surface area (TPSA) is 62.5 Å². The van der Waals surface area contributed by atoms with Gasteiger partial charge in [-0.15, -0.1) is 0 Å². The molecule has 1 atom stereocenters. The van der Waals surface area contributed by atoms with Gasteiger partial charge in [-0.2, -0.15) is 18.2 Å². The van der Waals surface area contributed by atoms with Gasteiger partial charge in [-0.25, -0.2) is 0 Å². The molecule has 4 rings (SSSR count).